The summed E-state index contributed by atoms with van der Waals surface area (Å²) in [6.07, 6.45) is 32.9. The Kier molecular flexibility index (Phi) is 39.6. The predicted molar refractivity (Wildman–Crippen MR) is 263 cm³/mol. The maximum Gasteiger partial charge on any atom is 0.397 e. The molecule has 1 heterocycles. The first-order chi connectivity index (χ1) is 31.9. The number of rotatable bonds is 46. The number of esters is 2. The van der Waals surface area contributed by atoms with Crippen molar-refractivity contribution in [2.24, 2.45) is 0 Å². The predicted octanol–water partition coefficient (Wildman–Crippen LogP) is 12.5. The second-order valence-electron chi connectivity index (χ2n) is 19.2. The van der Waals surface area contributed by atoms with Crippen molar-refractivity contribution in [1.82, 2.24) is 5.32 Å². The van der Waals surface area contributed by atoms with Gasteiger partial charge in [0.1, 0.15) is 24.4 Å². The molecule has 0 radical (unpaired) electrons. The van der Waals surface area contributed by atoms with Crippen LogP contribution >= 0.6 is 0 Å². The second-order valence-corrected chi connectivity index (χ2v) is 20.3. The fraction of sp³-hybridized carbons (Fsp3) is 0.942. The van der Waals surface area contributed by atoms with Gasteiger partial charge in [-0.25, -0.2) is 4.18 Å². The number of carbonyl (C=O) groups is 3. The molecule has 14 heteroatoms. The molecule has 0 spiro atoms. The molecule has 0 aromatic heterocycles. The minimum Gasteiger partial charge on any atom is -0.462 e. The summed E-state index contributed by atoms with van der Waals surface area (Å²) < 4.78 is 55.4. The third-order valence-electron chi connectivity index (χ3n) is 13.0. The highest BCUT2D eigenvalue weighted by atomic mass is 32.3. The molecule has 1 aliphatic heterocycles. The van der Waals surface area contributed by atoms with Gasteiger partial charge in [-0.15, -0.1) is 0 Å². The summed E-state index contributed by atoms with van der Waals surface area (Å²) in [5.41, 5.74) is 0. The number of aliphatic hydroxyl groups excluding tert-OH is 2. The van der Waals surface area contributed by atoms with E-state index in [1.165, 1.54) is 141 Å². The van der Waals surface area contributed by atoms with Gasteiger partial charge in [-0.2, -0.15) is 8.42 Å². The maximum absolute atomic E-state index is 13.7. The van der Waals surface area contributed by atoms with Crippen LogP contribution in [0, 0.1) is 0 Å². The maximum atomic E-state index is 13.7. The standard InChI is InChI=1S/C52H99NO12S/c1-4-7-10-13-16-19-21-23-25-28-31-34-37-40-47(56)62-44(39-36-33-30-27-18-15-12-9-6-3)42-46(55)53-49-51(50(65-66(59,60)61)45(43-54)63-52(49)58)64-48(57)41-38-35-32-29-26-24-22-20-17-14-11-8-5-2/h44-45,49-52,54,58H,4-43H2,1-3H3,(H,53,55)(H,59,60,61)/t44?,45-,49-,50-,51-,52?/m1/s1. The van der Waals surface area contributed by atoms with E-state index < -0.39 is 65.6 Å². The molecule has 1 amide bonds. The summed E-state index contributed by atoms with van der Waals surface area (Å²) in [6, 6.07) is -1.53. The number of ether oxygens (including phenoxy) is 3. The van der Waals surface area contributed by atoms with Crippen LogP contribution in [0.2, 0.25) is 0 Å². The smallest absolute Gasteiger partial charge is 0.397 e. The molecule has 6 atom stereocenters. The van der Waals surface area contributed by atoms with Gasteiger partial charge in [-0.05, 0) is 25.7 Å². The molecule has 13 nitrogen and oxygen atoms in total. The van der Waals surface area contributed by atoms with Gasteiger partial charge in [0.15, 0.2) is 12.4 Å². The molecular formula is C52H99NO12S. The van der Waals surface area contributed by atoms with Crippen LogP contribution in [-0.4, -0.2) is 84.4 Å². The number of nitrogens with one attached hydrogen (secondary N) is 1. The fourth-order valence-electron chi connectivity index (χ4n) is 8.98. The average molecular weight is 962 g/mol. The van der Waals surface area contributed by atoms with Gasteiger partial charge in [0, 0.05) is 12.8 Å². The summed E-state index contributed by atoms with van der Waals surface area (Å²) in [5.74, 6) is -1.74. The van der Waals surface area contributed by atoms with Crippen LogP contribution in [0.5, 0.6) is 0 Å². The Labute approximate surface area is 402 Å². The third kappa shape index (κ3) is 34.4. The summed E-state index contributed by atoms with van der Waals surface area (Å²) in [6.45, 7) is 5.82. The zero-order chi connectivity index (χ0) is 48.5. The molecule has 1 aliphatic rings. The Morgan fingerprint density at radius 2 is 0.909 bits per heavy atom. The van der Waals surface area contributed by atoms with E-state index in [9.17, 15) is 37.6 Å². The normalized spacial score (nSPS) is 19.2. The van der Waals surface area contributed by atoms with Crippen molar-refractivity contribution in [2.45, 2.75) is 308 Å². The van der Waals surface area contributed by atoms with E-state index in [-0.39, 0.29) is 25.2 Å². The largest absolute Gasteiger partial charge is 0.462 e. The van der Waals surface area contributed by atoms with Crippen molar-refractivity contribution < 1.29 is 56.0 Å². The molecule has 0 aromatic carbocycles. The van der Waals surface area contributed by atoms with Gasteiger partial charge in [0.25, 0.3) is 0 Å². The Hall–Kier alpha value is -1.84. The molecule has 1 saturated heterocycles. The van der Waals surface area contributed by atoms with Crippen LogP contribution in [0.15, 0.2) is 0 Å². The van der Waals surface area contributed by atoms with Crippen LogP contribution in [-0.2, 0) is 43.2 Å². The van der Waals surface area contributed by atoms with Crippen LogP contribution in [0.4, 0.5) is 0 Å². The molecule has 2 unspecified atom stereocenters. The van der Waals surface area contributed by atoms with Crippen LogP contribution in [0.25, 0.3) is 0 Å². The highest BCUT2D eigenvalue weighted by Gasteiger charge is 2.50. The van der Waals surface area contributed by atoms with Gasteiger partial charge in [0.2, 0.25) is 5.91 Å². The molecule has 66 heavy (non-hydrogen) atoms. The van der Waals surface area contributed by atoms with Crippen molar-refractivity contribution >= 4 is 28.2 Å². The highest BCUT2D eigenvalue weighted by molar-refractivity contribution is 7.80. The molecule has 0 aromatic rings. The summed E-state index contributed by atoms with van der Waals surface area (Å²) >= 11 is 0. The lowest BCUT2D eigenvalue weighted by atomic mass is 9.96. The van der Waals surface area contributed by atoms with Crippen molar-refractivity contribution in [3.63, 3.8) is 0 Å². The molecule has 390 valence electrons. The lowest BCUT2D eigenvalue weighted by Crippen LogP contribution is -2.66. The zero-order valence-electron chi connectivity index (χ0n) is 42.2. The van der Waals surface area contributed by atoms with Crippen LogP contribution in [0.3, 0.4) is 0 Å². The molecule has 4 N–H and O–H groups in total. The number of hydrogen-bond donors (Lipinski definition) is 4. The SMILES string of the molecule is CCCCCCCCCCCCCCCC(=O)OC(CCCCCCCCCCC)CC(=O)N[C@H]1C(O)O[C@H](CO)[C@@H](OS(=O)(=O)O)[C@@H]1OC(=O)CCCCCCCCCCCCCCC. The zero-order valence-corrected chi connectivity index (χ0v) is 43.0. The van der Waals surface area contributed by atoms with E-state index in [0.29, 0.717) is 19.3 Å². The van der Waals surface area contributed by atoms with Gasteiger partial charge < -0.3 is 29.7 Å². The average Bonchev–Trinajstić information content (AvgIpc) is 3.27. The van der Waals surface area contributed by atoms with Crippen molar-refractivity contribution in [3.05, 3.63) is 0 Å². The van der Waals surface area contributed by atoms with Gasteiger partial charge >= 0.3 is 22.3 Å². The summed E-state index contributed by atoms with van der Waals surface area (Å²) in [4.78, 5) is 40.0. The Bertz CT molecular complexity index is 1290. The van der Waals surface area contributed by atoms with E-state index in [0.717, 1.165) is 70.6 Å². The highest BCUT2D eigenvalue weighted by Crippen LogP contribution is 2.28. The van der Waals surface area contributed by atoms with Gasteiger partial charge in [0.05, 0.1) is 13.0 Å². The number of aliphatic hydroxyl groups is 2. The minimum atomic E-state index is -5.16. The molecular weight excluding hydrogens is 863 g/mol. The molecule has 0 saturated carbocycles. The number of unbranched alkanes of at least 4 members (excludes halogenated alkanes) is 32. The minimum absolute atomic E-state index is 0.00964. The molecule has 0 bridgehead atoms. The van der Waals surface area contributed by atoms with E-state index in [1.54, 1.807) is 0 Å². The van der Waals surface area contributed by atoms with Gasteiger partial charge in [-0.1, -0.05) is 226 Å². The molecule has 0 aliphatic carbocycles. The molecule has 1 rings (SSSR count). The number of amides is 1. The van der Waals surface area contributed by atoms with E-state index in [4.69, 9.17) is 18.4 Å². The van der Waals surface area contributed by atoms with Crippen LogP contribution in [0.1, 0.15) is 271 Å². The number of hydrogen-bond acceptors (Lipinski definition) is 11. The first-order valence-electron chi connectivity index (χ1n) is 27.2. The second kappa shape index (κ2) is 42.1. The Morgan fingerprint density at radius 1 is 0.545 bits per heavy atom. The van der Waals surface area contributed by atoms with E-state index in [2.05, 4.69) is 26.1 Å². The van der Waals surface area contributed by atoms with Crippen molar-refractivity contribution in [1.29, 1.82) is 0 Å². The summed E-state index contributed by atoms with van der Waals surface area (Å²) in [5, 5.41) is 23.7. The topological polar surface area (TPSA) is 195 Å². The van der Waals surface area contributed by atoms with Crippen molar-refractivity contribution in [3.8, 4) is 0 Å². The Balaban J connectivity index is 2.82. The fourth-order valence-corrected chi connectivity index (χ4v) is 9.50. The number of carbonyl (C=O) groups excluding carboxylic acids is 3. The Morgan fingerprint density at radius 3 is 1.29 bits per heavy atom. The first-order valence-corrected chi connectivity index (χ1v) is 28.6. The monoisotopic (exact) mass is 962 g/mol. The quantitative estimate of drug-likeness (QED) is 0.0256. The molecule has 1 fully saturated rings. The van der Waals surface area contributed by atoms with Crippen LogP contribution < -0.4 is 5.32 Å². The summed E-state index contributed by atoms with van der Waals surface area (Å²) in [7, 11) is -5.16. The lowest BCUT2D eigenvalue weighted by Gasteiger charge is -2.43. The lowest BCUT2D eigenvalue weighted by molar-refractivity contribution is -0.254. The third-order valence-corrected chi connectivity index (χ3v) is 13.4. The van der Waals surface area contributed by atoms with E-state index >= 15 is 0 Å². The van der Waals surface area contributed by atoms with E-state index in [1.807, 2.05) is 0 Å². The van der Waals surface area contributed by atoms with Crippen molar-refractivity contribution in [2.75, 3.05) is 6.61 Å². The first kappa shape index (κ1) is 62.2. The van der Waals surface area contributed by atoms with Gasteiger partial charge in [-0.3, -0.25) is 18.9 Å².